The molecule has 0 saturated carbocycles. The van der Waals surface area contributed by atoms with Crippen molar-refractivity contribution in [2.75, 3.05) is 13.1 Å². The first kappa shape index (κ1) is 14.8. The van der Waals surface area contributed by atoms with Crippen molar-refractivity contribution in [2.24, 2.45) is 0 Å². The molecule has 5 heteroatoms. The Morgan fingerprint density at radius 1 is 1.39 bits per heavy atom. The van der Waals surface area contributed by atoms with E-state index in [0.29, 0.717) is 13.0 Å². The monoisotopic (exact) mass is 256 g/mol. The first-order valence-corrected chi connectivity index (χ1v) is 6.59. The van der Waals surface area contributed by atoms with Gasteiger partial charge in [0.25, 0.3) is 0 Å². The zero-order chi connectivity index (χ0) is 13.8. The molecule has 1 fully saturated rings. The third-order valence-corrected chi connectivity index (χ3v) is 2.73. The van der Waals surface area contributed by atoms with Crippen molar-refractivity contribution < 1.29 is 14.3 Å². The van der Waals surface area contributed by atoms with Gasteiger partial charge in [0.2, 0.25) is 5.91 Å². The van der Waals surface area contributed by atoms with Crippen LogP contribution in [0, 0.1) is 0 Å². The summed E-state index contributed by atoms with van der Waals surface area (Å²) in [6, 6.07) is 0.0145. The van der Waals surface area contributed by atoms with Crippen LogP contribution in [0.2, 0.25) is 0 Å². The van der Waals surface area contributed by atoms with Gasteiger partial charge in [0, 0.05) is 19.5 Å². The van der Waals surface area contributed by atoms with E-state index in [4.69, 9.17) is 4.74 Å². The molecule has 0 aromatic carbocycles. The number of ether oxygens (including phenoxy) is 1. The Hall–Kier alpha value is -1.26. The molecule has 1 heterocycles. The van der Waals surface area contributed by atoms with Crippen molar-refractivity contribution in [1.82, 2.24) is 10.2 Å². The molecule has 5 nitrogen and oxygen atoms in total. The molecule has 1 atom stereocenters. The van der Waals surface area contributed by atoms with Gasteiger partial charge in [0.05, 0.1) is 6.04 Å². The van der Waals surface area contributed by atoms with E-state index in [0.717, 1.165) is 19.4 Å². The Balaban J connectivity index is 2.34. The molecule has 2 amide bonds. The highest BCUT2D eigenvalue weighted by Gasteiger charge is 2.28. The van der Waals surface area contributed by atoms with Gasteiger partial charge in [-0.3, -0.25) is 4.79 Å². The van der Waals surface area contributed by atoms with Gasteiger partial charge in [-0.2, -0.15) is 0 Å². The molecule has 1 rings (SSSR count). The molecule has 1 unspecified atom stereocenters. The lowest BCUT2D eigenvalue weighted by Crippen LogP contribution is -2.41. The van der Waals surface area contributed by atoms with Crippen LogP contribution in [-0.4, -0.2) is 41.6 Å². The Bertz CT molecular complexity index is 310. The predicted molar refractivity (Wildman–Crippen MR) is 69.3 cm³/mol. The van der Waals surface area contributed by atoms with Crippen LogP contribution < -0.4 is 5.32 Å². The number of hydrogen-bond donors (Lipinski definition) is 1. The summed E-state index contributed by atoms with van der Waals surface area (Å²) in [5.41, 5.74) is -0.486. The first-order chi connectivity index (χ1) is 8.31. The second kappa shape index (κ2) is 6.07. The zero-order valence-corrected chi connectivity index (χ0v) is 11.8. The standard InChI is InChI=1S/C13H24N2O3/c1-5-6-11(16)15-8-7-10(9-15)14-12(17)18-13(2,3)4/h10H,5-9H2,1-4H3,(H,14,17). The summed E-state index contributed by atoms with van der Waals surface area (Å²) in [5.74, 6) is 0.172. The summed E-state index contributed by atoms with van der Waals surface area (Å²) in [4.78, 5) is 25.1. The third-order valence-electron chi connectivity index (χ3n) is 2.73. The number of amides is 2. The molecular weight excluding hydrogens is 232 g/mol. The Morgan fingerprint density at radius 2 is 2.06 bits per heavy atom. The third kappa shape index (κ3) is 4.94. The summed E-state index contributed by atoms with van der Waals surface area (Å²) in [6.45, 7) is 8.80. The van der Waals surface area contributed by atoms with E-state index in [1.54, 1.807) is 0 Å². The topological polar surface area (TPSA) is 58.6 Å². The van der Waals surface area contributed by atoms with Gasteiger partial charge in [-0.15, -0.1) is 0 Å². The number of nitrogens with zero attached hydrogens (tertiary/aromatic N) is 1. The average Bonchev–Trinajstić information content (AvgIpc) is 2.63. The fraction of sp³-hybridized carbons (Fsp3) is 0.846. The molecule has 0 bridgehead atoms. The Morgan fingerprint density at radius 3 is 2.61 bits per heavy atom. The van der Waals surface area contributed by atoms with Gasteiger partial charge in [-0.25, -0.2) is 4.79 Å². The normalized spacial score (nSPS) is 19.8. The molecular formula is C13H24N2O3. The first-order valence-electron chi connectivity index (χ1n) is 6.59. The smallest absolute Gasteiger partial charge is 0.407 e. The average molecular weight is 256 g/mol. The molecule has 0 aromatic heterocycles. The largest absolute Gasteiger partial charge is 0.444 e. The maximum absolute atomic E-state index is 11.7. The van der Waals surface area contributed by atoms with E-state index in [9.17, 15) is 9.59 Å². The minimum absolute atomic E-state index is 0.0145. The zero-order valence-electron chi connectivity index (χ0n) is 11.8. The van der Waals surface area contributed by atoms with Crippen LogP contribution in [0.3, 0.4) is 0 Å². The summed E-state index contributed by atoms with van der Waals surface area (Å²) in [5, 5.41) is 2.81. The van der Waals surface area contributed by atoms with Gasteiger partial charge < -0.3 is 15.0 Å². The van der Waals surface area contributed by atoms with E-state index < -0.39 is 11.7 Å². The lowest BCUT2D eigenvalue weighted by molar-refractivity contribution is -0.130. The van der Waals surface area contributed by atoms with E-state index in [-0.39, 0.29) is 11.9 Å². The number of nitrogens with one attached hydrogen (secondary N) is 1. The van der Waals surface area contributed by atoms with E-state index in [2.05, 4.69) is 5.32 Å². The van der Waals surface area contributed by atoms with Crippen molar-refractivity contribution in [1.29, 1.82) is 0 Å². The molecule has 1 aliphatic rings. The molecule has 18 heavy (non-hydrogen) atoms. The SMILES string of the molecule is CCCC(=O)N1CCC(NC(=O)OC(C)(C)C)C1. The van der Waals surface area contributed by atoms with Crippen molar-refractivity contribution >= 4 is 12.0 Å². The van der Waals surface area contributed by atoms with Gasteiger partial charge in [-0.1, -0.05) is 6.92 Å². The van der Waals surface area contributed by atoms with Crippen molar-refractivity contribution in [3.05, 3.63) is 0 Å². The molecule has 0 radical (unpaired) electrons. The number of alkyl carbamates (subject to hydrolysis) is 1. The maximum Gasteiger partial charge on any atom is 0.407 e. The Labute approximate surface area is 109 Å². The fourth-order valence-corrected chi connectivity index (χ4v) is 1.95. The van der Waals surface area contributed by atoms with Crippen molar-refractivity contribution in [3.8, 4) is 0 Å². The Kier molecular flexibility index (Phi) is 4.99. The number of carbonyl (C=O) groups is 2. The van der Waals surface area contributed by atoms with Gasteiger partial charge in [0.1, 0.15) is 5.60 Å². The van der Waals surface area contributed by atoms with Crippen LogP contribution in [-0.2, 0) is 9.53 Å². The van der Waals surface area contributed by atoms with Gasteiger partial charge in [-0.05, 0) is 33.6 Å². The molecule has 0 spiro atoms. The maximum atomic E-state index is 11.7. The molecule has 1 saturated heterocycles. The highest BCUT2D eigenvalue weighted by Crippen LogP contribution is 2.13. The number of carbonyl (C=O) groups excluding carboxylic acids is 2. The summed E-state index contributed by atoms with van der Waals surface area (Å²) >= 11 is 0. The van der Waals surface area contributed by atoms with E-state index in [1.165, 1.54) is 0 Å². The molecule has 104 valence electrons. The lowest BCUT2D eigenvalue weighted by atomic mass is 10.2. The second-order valence-electron chi connectivity index (χ2n) is 5.72. The van der Waals surface area contributed by atoms with Crippen LogP contribution in [0.4, 0.5) is 4.79 Å². The summed E-state index contributed by atoms with van der Waals surface area (Å²) in [6.07, 6.45) is 1.84. The predicted octanol–water partition coefficient (Wildman–Crippen LogP) is 1.91. The quantitative estimate of drug-likeness (QED) is 0.839. The molecule has 0 aliphatic carbocycles. The molecule has 1 aliphatic heterocycles. The summed E-state index contributed by atoms with van der Waals surface area (Å²) in [7, 11) is 0. The number of hydrogen-bond acceptors (Lipinski definition) is 3. The van der Waals surface area contributed by atoms with Crippen LogP contribution in [0.15, 0.2) is 0 Å². The number of likely N-dealkylation sites (tertiary alicyclic amines) is 1. The second-order valence-corrected chi connectivity index (χ2v) is 5.72. The minimum Gasteiger partial charge on any atom is -0.444 e. The lowest BCUT2D eigenvalue weighted by Gasteiger charge is -2.22. The van der Waals surface area contributed by atoms with Crippen molar-refractivity contribution in [3.63, 3.8) is 0 Å². The minimum atomic E-state index is -0.486. The van der Waals surface area contributed by atoms with Crippen molar-refractivity contribution in [2.45, 2.75) is 58.6 Å². The highest BCUT2D eigenvalue weighted by molar-refractivity contribution is 5.76. The van der Waals surface area contributed by atoms with E-state index in [1.807, 2.05) is 32.6 Å². The van der Waals surface area contributed by atoms with Crippen LogP contribution in [0.25, 0.3) is 0 Å². The van der Waals surface area contributed by atoms with Gasteiger partial charge in [0.15, 0.2) is 0 Å². The summed E-state index contributed by atoms with van der Waals surface area (Å²) < 4.78 is 5.19. The number of rotatable bonds is 3. The molecule has 1 N–H and O–H groups in total. The van der Waals surface area contributed by atoms with Crippen LogP contribution in [0.5, 0.6) is 0 Å². The van der Waals surface area contributed by atoms with Crippen LogP contribution in [0.1, 0.15) is 47.0 Å². The van der Waals surface area contributed by atoms with E-state index >= 15 is 0 Å². The highest BCUT2D eigenvalue weighted by atomic mass is 16.6. The van der Waals surface area contributed by atoms with Gasteiger partial charge >= 0.3 is 6.09 Å². The fourth-order valence-electron chi connectivity index (χ4n) is 1.95. The molecule has 0 aromatic rings. The van der Waals surface area contributed by atoms with Crippen LogP contribution >= 0.6 is 0 Å².